The Balaban J connectivity index is 0.000000205. The molecule has 0 N–H and O–H groups in total. The van der Waals surface area contributed by atoms with E-state index in [-0.39, 0.29) is 25.5 Å². The van der Waals surface area contributed by atoms with Gasteiger partial charge in [-0.3, -0.25) is 4.98 Å². The van der Waals surface area contributed by atoms with E-state index in [1.54, 1.807) is 12.1 Å². The number of benzene rings is 4. The summed E-state index contributed by atoms with van der Waals surface area (Å²) in [7, 11) is 0. The van der Waals surface area contributed by atoms with E-state index in [1.807, 2.05) is 43.5 Å². The van der Waals surface area contributed by atoms with Gasteiger partial charge in [0.15, 0.2) is 0 Å². The van der Waals surface area contributed by atoms with Crippen LogP contribution in [0, 0.1) is 25.9 Å². The van der Waals surface area contributed by atoms with Gasteiger partial charge in [-0.15, -0.1) is 18.2 Å². The third-order valence-electron chi connectivity index (χ3n) is 8.89. The smallest absolute Gasteiger partial charge is 0 e. The minimum Gasteiger partial charge on any atom is 0 e. The van der Waals surface area contributed by atoms with Crippen LogP contribution in [0.1, 0.15) is 41.7 Å². The fourth-order valence-corrected chi connectivity index (χ4v) is 8.37. The van der Waals surface area contributed by atoms with E-state index in [0.29, 0.717) is 11.3 Å². The predicted octanol–water partition coefficient (Wildman–Crippen LogP) is 10.8. The van der Waals surface area contributed by atoms with Crippen LogP contribution in [-0.4, -0.2) is 32.8 Å². The van der Waals surface area contributed by atoms with Gasteiger partial charge in [0.05, 0.1) is 22.4 Å². The van der Waals surface area contributed by atoms with E-state index < -0.39 is 20.1 Å². The minimum atomic E-state index is -2.08. The maximum absolute atomic E-state index is 7.35. The van der Waals surface area contributed by atoms with Crippen molar-refractivity contribution in [3.05, 3.63) is 138 Å². The van der Waals surface area contributed by atoms with Gasteiger partial charge in [0.25, 0.3) is 0 Å². The summed E-state index contributed by atoms with van der Waals surface area (Å²) in [6.45, 7) is 6.62. The quantitative estimate of drug-likeness (QED) is 0.130. The summed E-state index contributed by atoms with van der Waals surface area (Å²) in [4.78, 5) is 14.2. The van der Waals surface area contributed by atoms with E-state index >= 15 is 0 Å². The summed E-state index contributed by atoms with van der Waals surface area (Å²) >= 11 is -1.83. The van der Waals surface area contributed by atoms with Crippen molar-refractivity contribution < 1.29 is 28.6 Å². The molecule has 4 aromatic carbocycles. The molecule has 4 aromatic heterocycles. The predicted molar refractivity (Wildman–Crippen MR) is 210 cm³/mol. The van der Waals surface area contributed by atoms with E-state index in [0.717, 1.165) is 61.4 Å². The van der Waals surface area contributed by atoms with Crippen molar-refractivity contribution in [1.82, 2.24) is 19.5 Å². The molecule has 0 fully saturated rings. The van der Waals surface area contributed by atoms with Crippen LogP contribution in [0.15, 0.2) is 114 Å². The number of para-hydroxylation sites is 3. The van der Waals surface area contributed by atoms with Crippen LogP contribution in [0.3, 0.4) is 0 Å². The molecule has 0 aliphatic carbocycles. The van der Waals surface area contributed by atoms with E-state index in [1.165, 1.54) is 16.0 Å². The molecule has 8 aromatic rings. The molecule has 5 nitrogen and oxygen atoms in total. The average Bonchev–Trinajstić information content (AvgIpc) is 3.69. The van der Waals surface area contributed by atoms with Gasteiger partial charge in [-0.1, -0.05) is 62.1 Å². The average molecular weight is 911 g/mol. The van der Waals surface area contributed by atoms with Crippen LogP contribution < -0.4 is 4.40 Å². The van der Waals surface area contributed by atoms with Crippen molar-refractivity contribution in [2.24, 2.45) is 0 Å². The van der Waals surface area contributed by atoms with Crippen LogP contribution in [0.2, 0.25) is 17.3 Å². The molecule has 1 radical (unpaired) electrons. The number of fused-ring (bicyclic) bond motifs is 4. The first kappa shape index (κ1) is 32.5. The third-order valence-corrected chi connectivity index (χ3v) is 13.1. The monoisotopic (exact) mass is 912 g/mol. The second-order valence-electron chi connectivity index (χ2n) is 14.7. The fourth-order valence-electron chi connectivity index (χ4n) is 6.20. The molecule has 7 heteroatoms. The third kappa shape index (κ3) is 7.37. The van der Waals surface area contributed by atoms with Crippen molar-refractivity contribution >= 4 is 50.8 Å². The van der Waals surface area contributed by atoms with Crippen LogP contribution >= 0.6 is 0 Å². The molecule has 8 rings (SSSR count). The number of pyridine rings is 2. The molecule has 51 heavy (non-hydrogen) atoms. The number of imidazole rings is 1. The van der Waals surface area contributed by atoms with Crippen molar-refractivity contribution in [3.63, 3.8) is 0 Å². The second kappa shape index (κ2) is 14.3. The molecule has 0 aliphatic heterocycles. The Bertz CT molecular complexity index is 2520. The number of hydrogen-bond donors (Lipinski definition) is 0. The molecule has 0 aliphatic rings. The normalized spacial score (nSPS) is 12.9. The van der Waals surface area contributed by atoms with Crippen LogP contribution in [0.25, 0.3) is 61.4 Å². The Morgan fingerprint density at radius 1 is 0.824 bits per heavy atom. The number of aromatic nitrogens is 4. The first-order valence-corrected chi connectivity index (χ1v) is 24.2. The molecule has 259 valence electrons. The Kier molecular flexibility index (Phi) is 9.15. The largest absolute Gasteiger partial charge is 0 e. The Hall–Kier alpha value is -4.36. The summed E-state index contributed by atoms with van der Waals surface area (Å²) in [6.07, 6.45) is 1.95. The van der Waals surface area contributed by atoms with Gasteiger partial charge >= 0.3 is 110 Å². The Labute approximate surface area is 321 Å². The van der Waals surface area contributed by atoms with Gasteiger partial charge in [0.1, 0.15) is 0 Å². The van der Waals surface area contributed by atoms with Crippen molar-refractivity contribution in [3.8, 4) is 28.3 Å². The Morgan fingerprint density at radius 2 is 1.61 bits per heavy atom. The van der Waals surface area contributed by atoms with Crippen molar-refractivity contribution in [2.75, 3.05) is 0 Å². The van der Waals surface area contributed by atoms with Gasteiger partial charge in [-0.05, 0) is 48.2 Å². The molecule has 0 unspecified atom stereocenters. The van der Waals surface area contributed by atoms with E-state index in [4.69, 9.17) is 13.5 Å². The van der Waals surface area contributed by atoms with Crippen LogP contribution in [0.5, 0.6) is 0 Å². The van der Waals surface area contributed by atoms with Gasteiger partial charge in [-0.25, -0.2) is 4.98 Å². The zero-order valence-electron chi connectivity index (χ0n) is 32.9. The summed E-state index contributed by atoms with van der Waals surface area (Å²) < 4.78 is 32.0. The molecular formula is C44H42GeIrN4O-2. The molecule has 0 atom stereocenters. The molecule has 0 bridgehead atoms. The summed E-state index contributed by atoms with van der Waals surface area (Å²) in [5.74, 6) is 7.80. The van der Waals surface area contributed by atoms with Gasteiger partial charge < -0.3 is 8.98 Å². The van der Waals surface area contributed by atoms with Gasteiger partial charge in [0, 0.05) is 36.9 Å². The topological polar surface area (TPSA) is 56.7 Å². The van der Waals surface area contributed by atoms with Crippen molar-refractivity contribution in [2.45, 2.75) is 57.2 Å². The SMILES string of the molecule is Cc1ccc2c(n1)oc1c(-c3nc4ccccc4n3-c3ccccc3C(C)(C)C)[c-]ccc12.[2H]C([2H])([2H])c1c[c-]c(-c2cc[c]([Ge]([CH3])([CH3])[CH3])cn2)cc1.[Ir]. The summed E-state index contributed by atoms with van der Waals surface area (Å²) in [5, 5.41) is 2.03. The van der Waals surface area contributed by atoms with Gasteiger partial charge in [0.2, 0.25) is 5.71 Å². The second-order valence-corrected chi connectivity index (χ2v) is 25.4. The first-order chi connectivity index (χ1) is 25.1. The standard InChI is InChI=1S/C29H24N3O.C15H18GeN.Ir/c1-18-16-17-20-19-10-9-11-21(26(19)33-28(20)30-18)27-31-23-13-6-8-15-25(23)32(27)24-14-7-5-12-22(24)29(2,3)4;1-12-5-7-13(8-6-12)15-10-9-14(11-17-15)16(2,3)4;/h5-10,12-17H,1-4H3;5-7,9-11H,1-4H3;/q2*-1;/i;1D3;. The van der Waals surface area contributed by atoms with Gasteiger partial charge in [-0.2, -0.15) is 0 Å². The molecule has 0 saturated heterocycles. The fraction of sp³-hybridized carbons (Fsp3) is 0.205. The summed E-state index contributed by atoms with van der Waals surface area (Å²) in [5.41, 5.74) is 9.46. The van der Waals surface area contributed by atoms with Crippen LogP contribution in [0.4, 0.5) is 0 Å². The molecule has 0 amide bonds. The van der Waals surface area contributed by atoms with Crippen molar-refractivity contribution in [1.29, 1.82) is 0 Å². The number of nitrogens with zero attached hydrogens (tertiary/aromatic N) is 4. The minimum absolute atomic E-state index is 0. The zero-order chi connectivity index (χ0) is 37.7. The maximum Gasteiger partial charge on any atom is 0 e. The number of rotatable bonds is 4. The zero-order valence-corrected chi connectivity index (χ0v) is 34.4. The number of hydrogen-bond acceptors (Lipinski definition) is 4. The molecule has 0 saturated carbocycles. The number of furan rings is 1. The number of aryl methyl sites for hydroxylation is 2. The van der Waals surface area contributed by atoms with E-state index in [9.17, 15) is 0 Å². The van der Waals surface area contributed by atoms with E-state index in [2.05, 4.69) is 119 Å². The maximum atomic E-state index is 7.35. The molecule has 0 spiro atoms. The molecule has 4 heterocycles. The Morgan fingerprint density at radius 3 is 2.31 bits per heavy atom. The van der Waals surface area contributed by atoms with Crippen LogP contribution in [-0.2, 0) is 25.5 Å². The molecular weight excluding hydrogens is 865 g/mol. The first-order valence-electron chi connectivity index (χ1n) is 18.4. The summed E-state index contributed by atoms with van der Waals surface area (Å²) in [6, 6.07) is 40.4.